The molecule has 1 aromatic carbocycles. The van der Waals surface area contributed by atoms with E-state index in [4.69, 9.17) is 4.74 Å². The van der Waals surface area contributed by atoms with E-state index in [2.05, 4.69) is 9.88 Å². The summed E-state index contributed by atoms with van der Waals surface area (Å²) in [6.07, 6.45) is 2.37. The van der Waals surface area contributed by atoms with Crippen molar-refractivity contribution in [2.75, 3.05) is 32.8 Å². The predicted molar refractivity (Wildman–Crippen MR) is 107 cm³/mol. The Morgan fingerprint density at radius 2 is 1.79 bits per heavy atom. The standard InChI is InChI=1S/C20H25N5O3/c1-2-8-24-19(26)17-18(25(20(24)27)16-6-4-3-5-7-16)21-15-23(17)10-9-22-11-13-28-14-12-22/h3-7,15H,2,8-14H2,1H3. The summed E-state index contributed by atoms with van der Waals surface area (Å²) in [7, 11) is 0. The van der Waals surface area contributed by atoms with Crippen LogP contribution in [0.2, 0.25) is 0 Å². The number of para-hydroxylation sites is 1. The number of hydrogen-bond acceptors (Lipinski definition) is 5. The van der Waals surface area contributed by atoms with Gasteiger partial charge in [-0.15, -0.1) is 0 Å². The maximum atomic E-state index is 13.1. The molecule has 4 rings (SSSR count). The van der Waals surface area contributed by atoms with E-state index in [0.29, 0.717) is 36.4 Å². The van der Waals surface area contributed by atoms with E-state index in [1.54, 1.807) is 6.33 Å². The van der Waals surface area contributed by atoms with Crippen molar-refractivity contribution in [2.24, 2.45) is 0 Å². The molecule has 0 amide bonds. The lowest BCUT2D eigenvalue weighted by Crippen LogP contribution is -2.41. The molecule has 3 aromatic rings. The molecule has 3 heterocycles. The molecule has 8 nitrogen and oxygen atoms in total. The Labute approximate surface area is 162 Å². The number of hydrogen-bond donors (Lipinski definition) is 0. The predicted octanol–water partition coefficient (Wildman–Crippen LogP) is 1.09. The van der Waals surface area contributed by atoms with Crippen LogP contribution in [0.3, 0.4) is 0 Å². The normalized spacial score (nSPS) is 15.3. The molecule has 1 saturated heterocycles. The fourth-order valence-corrected chi connectivity index (χ4v) is 3.65. The van der Waals surface area contributed by atoms with Crippen molar-refractivity contribution in [1.29, 1.82) is 0 Å². The molecule has 0 radical (unpaired) electrons. The molecule has 1 aliphatic rings. The van der Waals surface area contributed by atoms with Crippen LogP contribution in [0.5, 0.6) is 0 Å². The molecule has 0 unspecified atom stereocenters. The van der Waals surface area contributed by atoms with Crippen molar-refractivity contribution in [2.45, 2.75) is 26.4 Å². The van der Waals surface area contributed by atoms with Gasteiger partial charge in [-0.25, -0.2) is 14.3 Å². The van der Waals surface area contributed by atoms with E-state index in [0.717, 1.165) is 32.8 Å². The molecule has 1 fully saturated rings. The Hall–Kier alpha value is -2.71. The van der Waals surface area contributed by atoms with Gasteiger partial charge >= 0.3 is 5.69 Å². The minimum absolute atomic E-state index is 0.270. The van der Waals surface area contributed by atoms with Crippen LogP contribution >= 0.6 is 0 Å². The highest BCUT2D eigenvalue weighted by Gasteiger charge is 2.19. The second-order valence-corrected chi connectivity index (χ2v) is 6.97. The van der Waals surface area contributed by atoms with E-state index < -0.39 is 0 Å². The van der Waals surface area contributed by atoms with Crippen LogP contribution in [0.1, 0.15) is 13.3 Å². The zero-order chi connectivity index (χ0) is 19.5. The second kappa shape index (κ2) is 8.12. The molecule has 8 heteroatoms. The van der Waals surface area contributed by atoms with Gasteiger partial charge in [0.05, 0.1) is 25.2 Å². The number of imidazole rings is 1. The fraction of sp³-hybridized carbons (Fsp3) is 0.450. The number of morpholine rings is 1. The summed E-state index contributed by atoms with van der Waals surface area (Å²) < 4.78 is 10.1. The first-order chi connectivity index (χ1) is 13.7. The second-order valence-electron chi connectivity index (χ2n) is 6.97. The average Bonchev–Trinajstić information content (AvgIpc) is 3.15. The first-order valence-electron chi connectivity index (χ1n) is 9.77. The Balaban J connectivity index is 1.82. The number of fused-ring (bicyclic) bond motifs is 1. The van der Waals surface area contributed by atoms with E-state index in [1.165, 1.54) is 9.13 Å². The zero-order valence-electron chi connectivity index (χ0n) is 16.1. The van der Waals surface area contributed by atoms with Crippen LogP contribution in [0, 0.1) is 0 Å². The molecule has 1 aliphatic heterocycles. The quantitative estimate of drug-likeness (QED) is 0.637. The van der Waals surface area contributed by atoms with Crippen molar-refractivity contribution in [3.05, 3.63) is 57.5 Å². The first-order valence-corrected chi connectivity index (χ1v) is 9.77. The van der Waals surface area contributed by atoms with Crippen molar-refractivity contribution in [3.8, 4) is 5.69 Å². The fourth-order valence-electron chi connectivity index (χ4n) is 3.65. The van der Waals surface area contributed by atoms with Crippen molar-refractivity contribution < 1.29 is 4.74 Å². The lowest BCUT2D eigenvalue weighted by molar-refractivity contribution is 0.0365. The lowest BCUT2D eigenvalue weighted by atomic mass is 10.3. The Bertz CT molecular complexity index is 1060. The summed E-state index contributed by atoms with van der Waals surface area (Å²) in [4.78, 5) is 32.9. The van der Waals surface area contributed by atoms with Gasteiger partial charge in [0.25, 0.3) is 5.56 Å². The molecule has 0 N–H and O–H groups in total. The third kappa shape index (κ3) is 3.41. The van der Waals surface area contributed by atoms with E-state index in [-0.39, 0.29) is 11.2 Å². The smallest absolute Gasteiger partial charge is 0.337 e. The molecule has 0 saturated carbocycles. The highest BCUT2D eigenvalue weighted by Crippen LogP contribution is 2.13. The maximum absolute atomic E-state index is 13.1. The lowest BCUT2D eigenvalue weighted by Gasteiger charge is -2.26. The van der Waals surface area contributed by atoms with Crippen molar-refractivity contribution >= 4 is 11.2 Å². The molecule has 0 bridgehead atoms. The summed E-state index contributed by atoms with van der Waals surface area (Å²) in [6.45, 7) is 7.05. The largest absolute Gasteiger partial charge is 0.379 e. The van der Waals surface area contributed by atoms with Gasteiger partial charge in [0, 0.05) is 32.7 Å². The third-order valence-electron chi connectivity index (χ3n) is 5.12. The Morgan fingerprint density at radius 1 is 1.04 bits per heavy atom. The Kier molecular flexibility index (Phi) is 5.40. The average molecular weight is 383 g/mol. The number of nitrogens with zero attached hydrogens (tertiary/aromatic N) is 5. The van der Waals surface area contributed by atoms with E-state index >= 15 is 0 Å². The van der Waals surface area contributed by atoms with Gasteiger partial charge in [-0.2, -0.15) is 0 Å². The van der Waals surface area contributed by atoms with E-state index in [1.807, 2.05) is 41.8 Å². The molecule has 28 heavy (non-hydrogen) atoms. The van der Waals surface area contributed by atoms with Crippen LogP contribution in [0.4, 0.5) is 0 Å². The summed E-state index contributed by atoms with van der Waals surface area (Å²) in [6, 6.07) is 9.36. The molecule has 0 spiro atoms. The molecular formula is C20H25N5O3. The van der Waals surface area contributed by atoms with Gasteiger partial charge in [0.15, 0.2) is 11.2 Å². The highest BCUT2D eigenvalue weighted by molar-refractivity contribution is 5.72. The molecule has 0 aliphatic carbocycles. The van der Waals surface area contributed by atoms with Crippen LogP contribution in [-0.4, -0.2) is 56.4 Å². The third-order valence-corrected chi connectivity index (χ3v) is 5.12. The van der Waals surface area contributed by atoms with Gasteiger partial charge < -0.3 is 9.30 Å². The monoisotopic (exact) mass is 383 g/mol. The minimum atomic E-state index is -0.344. The molecular weight excluding hydrogens is 358 g/mol. The van der Waals surface area contributed by atoms with Crippen molar-refractivity contribution in [1.82, 2.24) is 23.6 Å². The Morgan fingerprint density at radius 3 is 2.50 bits per heavy atom. The zero-order valence-corrected chi connectivity index (χ0v) is 16.1. The van der Waals surface area contributed by atoms with Crippen LogP contribution in [-0.2, 0) is 17.8 Å². The number of ether oxygens (including phenoxy) is 1. The van der Waals surface area contributed by atoms with Gasteiger partial charge in [0.1, 0.15) is 0 Å². The molecule has 2 aromatic heterocycles. The summed E-state index contributed by atoms with van der Waals surface area (Å²) in [5.74, 6) is 0. The van der Waals surface area contributed by atoms with Crippen molar-refractivity contribution in [3.63, 3.8) is 0 Å². The number of benzene rings is 1. The van der Waals surface area contributed by atoms with Gasteiger partial charge in [-0.05, 0) is 18.6 Å². The topological polar surface area (TPSA) is 74.3 Å². The molecule has 148 valence electrons. The van der Waals surface area contributed by atoms with Crippen LogP contribution in [0.15, 0.2) is 46.2 Å². The summed E-state index contributed by atoms with van der Waals surface area (Å²) in [5.41, 5.74) is 0.985. The van der Waals surface area contributed by atoms with Gasteiger partial charge in [-0.1, -0.05) is 25.1 Å². The number of aromatic nitrogens is 4. The van der Waals surface area contributed by atoms with Crippen LogP contribution in [0.25, 0.3) is 16.9 Å². The molecule has 0 atom stereocenters. The number of rotatable bonds is 6. The SMILES string of the molecule is CCCn1c(=O)c2c(ncn2CCN2CCOCC2)n(-c2ccccc2)c1=O. The van der Waals surface area contributed by atoms with E-state index in [9.17, 15) is 9.59 Å². The summed E-state index contributed by atoms with van der Waals surface area (Å²) in [5, 5.41) is 0. The van der Waals surface area contributed by atoms with Crippen LogP contribution < -0.4 is 11.2 Å². The highest BCUT2D eigenvalue weighted by atomic mass is 16.5. The maximum Gasteiger partial charge on any atom is 0.337 e. The minimum Gasteiger partial charge on any atom is -0.379 e. The summed E-state index contributed by atoms with van der Waals surface area (Å²) >= 11 is 0. The van der Waals surface area contributed by atoms with Gasteiger partial charge in [0.2, 0.25) is 0 Å². The first kappa shape index (κ1) is 18.6. The van der Waals surface area contributed by atoms with Gasteiger partial charge in [-0.3, -0.25) is 14.3 Å².